The normalized spacial score (nSPS) is 15.1. The molecule has 0 spiro atoms. The molecule has 2 heteroatoms. The van der Waals surface area contributed by atoms with Crippen LogP contribution in [0, 0.1) is 0 Å². The molecule has 0 aliphatic heterocycles. The number of fused-ring (bicyclic) bond motifs is 1. The van der Waals surface area contributed by atoms with E-state index in [0.717, 1.165) is 16.6 Å². The first kappa shape index (κ1) is 10.1. The van der Waals surface area contributed by atoms with Crippen molar-refractivity contribution >= 4 is 10.9 Å². The predicted octanol–water partition coefficient (Wildman–Crippen LogP) is 2.85. The second kappa shape index (κ2) is 3.63. The molecular formula is C13H15NO. The molecule has 0 radical (unpaired) electrons. The van der Waals surface area contributed by atoms with Gasteiger partial charge in [-0.15, -0.1) is 0 Å². The number of pyridine rings is 1. The van der Waals surface area contributed by atoms with Gasteiger partial charge in [-0.05, 0) is 25.5 Å². The van der Waals surface area contributed by atoms with E-state index in [2.05, 4.69) is 4.98 Å². The van der Waals surface area contributed by atoms with Crippen LogP contribution in [0.5, 0.6) is 0 Å². The van der Waals surface area contributed by atoms with Crippen molar-refractivity contribution < 1.29 is 5.11 Å². The number of para-hydroxylation sites is 1. The maximum Gasteiger partial charge on any atom is 0.103 e. The average molecular weight is 201 g/mol. The number of nitrogens with zero attached hydrogens (tertiary/aromatic N) is 1. The maximum atomic E-state index is 10.1. The van der Waals surface area contributed by atoms with Gasteiger partial charge in [-0.2, -0.15) is 0 Å². The molecule has 78 valence electrons. The lowest BCUT2D eigenvalue weighted by atomic mass is 9.98. The van der Waals surface area contributed by atoms with E-state index >= 15 is 0 Å². The molecule has 1 atom stereocenters. The Kier molecular flexibility index (Phi) is 2.45. The van der Waals surface area contributed by atoms with E-state index in [-0.39, 0.29) is 0 Å². The van der Waals surface area contributed by atoms with Crippen molar-refractivity contribution in [3.05, 3.63) is 42.1 Å². The summed E-state index contributed by atoms with van der Waals surface area (Å²) in [7, 11) is 0. The molecule has 1 heterocycles. The van der Waals surface area contributed by atoms with E-state index in [1.807, 2.05) is 43.3 Å². The number of aromatic nitrogens is 1. The lowest BCUT2D eigenvalue weighted by Gasteiger charge is -2.20. The molecule has 1 N–H and O–H groups in total. The van der Waals surface area contributed by atoms with E-state index in [1.165, 1.54) is 0 Å². The van der Waals surface area contributed by atoms with Crippen molar-refractivity contribution in [3.8, 4) is 0 Å². The van der Waals surface area contributed by atoms with Crippen LogP contribution in [0.3, 0.4) is 0 Å². The maximum absolute atomic E-state index is 10.1. The second-order valence-corrected chi connectivity index (χ2v) is 4.02. The quantitative estimate of drug-likeness (QED) is 0.810. The minimum Gasteiger partial charge on any atom is -0.384 e. The average Bonchev–Trinajstić information content (AvgIpc) is 2.28. The Morgan fingerprint density at radius 2 is 1.93 bits per heavy atom. The third-order valence-corrected chi connectivity index (χ3v) is 2.84. The fourth-order valence-corrected chi connectivity index (χ4v) is 1.55. The van der Waals surface area contributed by atoms with Gasteiger partial charge < -0.3 is 5.11 Å². The summed E-state index contributed by atoms with van der Waals surface area (Å²) >= 11 is 0. The molecule has 0 fully saturated rings. The molecule has 2 aromatic rings. The first-order valence-corrected chi connectivity index (χ1v) is 5.22. The van der Waals surface area contributed by atoms with E-state index in [4.69, 9.17) is 0 Å². The first-order chi connectivity index (χ1) is 7.13. The Balaban J connectivity index is 2.56. The summed E-state index contributed by atoms with van der Waals surface area (Å²) in [5.74, 6) is 0. The van der Waals surface area contributed by atoms with Gasteiger partial charge in [0.25, 0.3) is 0 Å². The van der Waals surface area contributed by atoms with Crippen molar-refractivity contribution in [3.63, 3.8) is 0 Å². The number of hydrogen-bond acceptors (Lipinski definition) is 2. The number of benzene rings is 1. The van der Waals surface area contributed by atoms with Crippen LogP contribution in [0.2, 0.25) is 0 Å². The van der Waals surface area contributed by atoms with E-state index < -0.39 is 5.60 Å². The van der Waals surface area contributed by atoms with Crippen LogP contribution in [0.25, 0.3) is 10.9 Å². The predicted molar refractivity (Wildman–Crippen MR) is 61.6 cm³/mol. The minimum absolute atomic E-state index is 0.665. The molecule has 0 amide bonds. The van der Waals surface area contributed by atoms with Crippen LogP contribution < -0.4 is 0 Å². The SMILES string of the molecule is CCC(C)(O)c1ccc2ccccc2n1. The number of rotatable bonds is 2. The highest BCUT2D eigenvalue weighted by atomic mass is 16.3. The first-order valence-electron chi connectivity index (χ1n) is 5.22. The minimum atomic E-state index is -0.829. The summed E-state index contributed by atoms with van der Waals surface area (Å²) in [4.78, 5) is 4.47. The molecule has 1 aromatic carbocycles. The highest BCUT2D eigenvalue weighted by molar-refractivity contribution is 5.78. The van der Waals surface area contributed by atoms with Gasteiger partial charge >= 0.3 is 0 Å². The second-order valence-electron chi connectivity index (χ2n) is 4.02. The van der Waals surface area contributed by atoms with Gasteiger partial charge in [0.15, 0.2) is 0 Å². The Morgan fingerprint density at radius 3 is 2.67 bits per heavy atom. The molecular weight excluding hydrogens is 186 g/mol. The van der Waals surface area contributed by atoms with Crippen LogP contribution in [-0.4, -0.2) is 10.1 Å². The largest absolute Gasteiger partial charge is 0.384 e. The van der Waals surface area contributed by atoms with Crippen LogP contribution in [-0.2, 0) is 5.60 Å². The summed E-state index contributed by atoms with van der Waals surface area (Å²) in [6.07, 6.45) is 0.665. The summed E-state index contributed by atoms with van der Waals surface area (Å²) < 4.78 is 0. The van der Waals surface area contributed by atoms with Crippen molar-refractivity contribution in [1.29, 1.82) is 0 Å². The summed E-state index contributed by atoms with van der Waals surface area (Å²) in [5, 5.41) is 11.2. The van der Waals surface area contributed by atoms with Gasteiger partial charge in [-0.3, -0.25) is 0 Å². The Labute approximate surface area is 89.6 Å². The third-order valence-electron chi connectivity index (χ3n) is 2.84. The molecule has 0 saturated heterocycles. The highest BCUT2D eigenvalue weighted by Gasteiger charge is 2.21. The third kappa shape index (κ3) is 1.85. The Bertz CT molecular complexity index is 477. The van der Waals surface area contributed by atoms with Crippen LogP contribution in [0.4, 0.5) is 0 Å². The van der Waals surface area contributed by atoms with Crippen LogP contribution in [0.1, 0.15) is 26.0 Å². The molecule has 0 bridgehead atoms. The molecule has 15 heavy (non-hydrogen) atoms. The van der Waals surface area contributed by atoms with Gasteiger partial charge in [-0.25, -0.2) is 4.98 Å². The fraction of sp³-hybridized carbons (Fsp3) is 0.308. The van der Waals surface area contributed by atoms with E-state index in [0.29, 0.717) is 6.42 Å². The lowest BCUT2D eigenvalue weighted by molar-refractivity contribution is 0.0489. The monoisotopic (exact) mass is 201 g/mol. The molecule has 2 nitrogen and oxygen atoms in total. The standard InChI is InChI=1S/C13H15NO/c1-3-13(2,15)12-9-8-10-6-4-5-7-11(10)14-12/h4-9,15H,3H2,1-2H3. The molecule has 0 aliphatic rings. The zero-order valence-electron chi connectivity index (χ0n) is 9.07. The summed E-state index contributed by atoms with van der Waals surface area (Å²) in [5.41, 5.74) is 0.844. The Hall–Kier alpha value is -1.41. The molecule has 1 aromatic heterocycles. The van der Waals surface area contributed by atoms with E-state index in [1.54, 1.807) is 6.92 Å². The number of aliphatic hydroxyl groups is 1. The molecule has 2 rings (SSSR count). The van der Waals surface area contributed by atoms with Crippen molar-refractivity contribution in [2.45, 2.75) is 25.9 Å². The zero-order chi connectivity index (χ0) is 10.9. The van der Waals surface area contributed by atoms with Gasteiger partial charge in [0, 0.05) is 5.39 Å². The summed E-state index contributed by atoms with van der Waals surface area (Å²) in [6, 6.07) is 11.8. The Morgan fingerprint density at radius 1 is 1.20 bits per heavy atom. The lowest BCUT2D eigenvalue weighted by Crippen LogP contribution is -2.21. The van der Waals surface area contributed by atoms with Gasteiger partial charge in [0.05, 0.1) is 11.2 Å². The highest BCUT2D eigenvalue weighted by Crippen LogP contribution is 2.24. The van der Waals surface area contributed by atoms with Gasteiger partial charge in [0.1, 0.15) is 5.60 Å². The van der Waals surface area contributed by atoms with E-state index in [9.17, 15) is 5.11 Å². The van der Waals surface area contributed by atoms with Gasteiger partial charge in [0.2, 0.25) is 0 Å². The topological polar surface area (TPSA) is 33.1 Å². The number of hydrogen-bond donors (Lipinski definition) is 1. The zero-order valence-corrected chi connectivity index (χ0v) is 9.07. The van der Waals surface area contributed by atoms with Crippen molar-refractivity contribution in [2.24, 2.45) is 0 Å². The van der Waals surface area contributed by atoms with Crippen molar-refractivity contribution in [1.82, 2.24) is 4.98 Å². The fourth-order valence-electron chi connectivity index (χ4n) is 1.55. The van der Waals surface area contributed by atoms with Crippen molar-refractivity contribution in [2.75, 3.05) is 0 Å². The van der Waals surface area contributed by atoms with Crippen LogP contribution in [0.15, 0.2) is 36.4 Å². The molecule has 0 aliphatic carbocycles. The molecule has 1 unspecified atom stereocenters. The van der Waals surface area contributed by atoms with Crippen LogP contribution >= 0.6 is 0 Å². The summed E-state index contributed by atoms with van der Waals surface area (Å²) in [6.45, 7) is 3.75. The van der Waals surface area contributed by atoms with Gasteiger partial charge in [-0.1, -0.05) is 31.2 Å². The smallest absolute Gasteiger partial charge is 0.103 e. The molecule has 0 saturated carbocycles.